The number of alkyl halides is 3. The summed E-state index contributed by atoms with van der Waals surface area (Å²) >= 11 is 0. The summed E-state index contributed by atoms with van der Waals surface area (Å²) in [5.41, 5.74) is -0.281. The van der Waals surface area contributed by atoms with Gasteiger partial charge in [-0.05, 0) is 25.1 Å². The highest BCUT2D eigenvalue weighted by Crippen LogP contribution is 2.28. The second-order valence-electron chi connectivity index (χ2n) is 2.37. The maximum absolute atomic E-state index is 12.0. The van der Waals surface area contributed by atoms with Crippen LogP contribution in [0.25, 0.3) is 6.08 Å². The molecule has 1 radical (unpaired) electrons. The number of rotatable bonds is 1. The van der Waals surface area contributed by atoms with Crippen LogP contribution in [-0.2, 0) is 6.18 Å². The topological polar surface area (TPSA) is 12.9 Å². The Balaban J connectivity index is 2.94. The number of hydrogen-bond acceptors (Lipinski definition) is 1. The molecule has 69 valence electrons. The molecule has 1 aromatic heterocycles. The zero-order chi connectivity index (χ0) is 9.90. The van der Waals surface area contributed by atoms with Gasteiger partial charge in [0.05, 0.1) is 11.3 Å². The monoisotopic (exact) mass is 186 g/mol. The summed E-state index contributed by atoms with van der Waals surface area (Å²) in [6.45, 7) is 3.41. The van der Waals surface area contributed by atoms with Crippen molar-refractivity contribution >= 4 is 6.08 Å². The number of aromatic nitrogens is 1. The van der Waals surface area contributed by atoms with Gasteiger partial charge in [-0.25, -0.2) is 0 Å². The summed E-state index contributed by atoms with van der Waals surface area (Å²) in [5, 5.41) is 0. The second kappa shape index (κ2) is 3.60. The molecular formula is C9H7F3N. The zero-order valence-corrected chi connectivity index (χ0v) is 6.67. The van der Waals surface area contributed by atoms with Gasteiger partial charge in [-0.3, -0.25) is 4.98 Å². The quantitative estimate of drug-likeness (QED) is 0.657. The fourth-order valence-corrected chi connectivity index (χ4v) is 0.792. The van der Waals surface area contributed by atoms with E-state index in [0.29, 0.717) is 5.69 Å². The van der Waals surface area contributed by atoms with Crippen molar-refractivity contribution in [2.45, 2.75) is 6.18 Å². The van der Waals surface area contributed by atoms with Gasteiger partial charge in [0.1, 0.15) is 0 Å². The van der Waals surface area contributed by atoms with E-state index in [4.69, 9.17) is 0 Å². The zero-order valence-electron chi connectivity index (χ0n) is 6.67. The smallest absolute Gasteiger partial charge is 0.256 e. The minimum absolute atomic E-state index is 0.461. The highest BCUT2D eigenvalue weighted by Gasteiger charge is 2.30. The molecule has 0 saturated heterocycles. The van der Waals surface area contributed by atoms with Gasteiger partial charge in [0.25, 0.3) is 0 Å². The molecule has 1 heterocycles. The molecular weight excluding hydrogens is 179 g/mol. The standard InChI is InChI=1S/C9H7F3N/c1-2-3-8-5-4-7(6-13-8)9(10,11)12/h2-6H,1H2. The third-order valence-electron chi connectivity index (χ3n) is 1.40. The van der Waals surface area contributed by atoms with Gasteiger partial charge in [0, 0.05) is 6.20 Å². The Morgan fingerprint density at radius 1 is 1.31 bits per heavy atom. The summed E-state index contributed by atoms with van der Waals surface area (Å²) in [6, 6.07) is 2.28. The number of pyridine rings is 1. The predicted octanol–water partition coefficient (Wildman–Crippen LogP) is 2.95. The molecule has 0 bridgehead atoms. The molecule has 0 aliphatic heterocycles. The maximum Gasteiger partial charge on any atom is 0.417 e. The van der Waals surface area contributed by atoms with Gasteiger partial charge >= 0.3 is 6.18 Å². The third kappa shape index (κ3) is 2.57. The van der Waals surface area contributed by atoms with Gasteiger partial charge in [-0.2, -0.15) is 13.2 Å². The highest BCUT2D eigenvalue weighted by atomic mass is 19.4. The molecule has 1 rings (SSSR count). The van der Waals surface area contributed by atoms with Crippen LogP contribution in [0.15, 0.2) is 24.4 Å². The maximum atomic E-state index is 12.0. The fraction of sp³-hybridized carbons (Fsp3) is 0.111. The van der Waals surface area contributed by atoms with Gasteiger partial charge in [-0.1, -0.05) is 6.08 Å². The number of allylic oxidation sites excluding steroid dienone is 1. The van der Waals surface area contributed by atoms with E-state index in [1.807, 2.05) is 0 Å². The molecule has 13 heavy (non-hydrogen) atoms. The first-order chi connectivity index (χ1) is 6.04. The van der Waals surface area contributed by atoms with E-state index in [1.165, 1.54) is 18.2 Å². The second-order valence-corrected chi connectivity index (χ2v) is 2.37. The SMILES string of the molecule is [CH2]C=Cc1ccc(C(F)(F)F)cn1. The van der Waals surface area contributed by atoms with Crippen molar-refractivity contribution in [3.63, 3.8) is 0 Å². The summed E-state index contributed by atoms with van der Waals surface area (Å²) in [6.07, 6.45) is -0.523. The van der Waals surface area contributed by atoms with E-state index in [2.05, 4.69) is 11.9 Å². The lowest BCUT2D eigenvalue weighted by Crippen LogP contribution is -2.05. The minimum atomic E-state index is -4.32. The Morgan fingerprint density at radius 3 is 2.38 bits per heavy atom. The minimum Gasteiger partial charge on any atom is -0.256 e. The molecule has 0 N–H and O–H groups in total. The van der Waals surface area contributed by atoms with Crippen molar-refractivity contribution in [3.8, 4) is 0 Å². The van der Waals surface area contributed by atoms with Crippen LogP contribution in [0.5, 0.6) is 0 Å². The Morgan fingerprint density at radius 2 is 2.00 bits per heavy atom. The van der Waals surface area contributed by atoms with Crippen LogP contribution in [0.2, 0.25) is 0 Å². The van der Waals surface area contributed by atoms with Crippen molar-refractivity contribution in [3.05, 3.63) is 42.6 Å². The van der Waals surface area contributed by atoms with Crippen LogP contribution in [0.4, 0.5) is 13.2 Å². The van der Waals surface area contributed by atoms with Crippen LogP contribution < -0.4 is 0 Å². The van der Waals surface area contributed by atoms with Crippen molar-refractivity contribution in [1.82, 2.24) is 4.98 Å². The molecule has 0 aliphatic carbocycles. The molecule has 0 aromatic carbocycles. The normalized spacial score (nSPS) is 12.3. The number of nitrogens with zero attached hydrogens (tertiary/aromatic N) is 1. The molecule has 0 fully saturated rings. The van der Waals surface area contributed by atoms with Crippen molar-refractivity contribution in [2.24, 2.45) is 0 Å². The Bertz CT molecular complexity index is 298. The van der Waals surface area contributed by atoms with E-state index in [0.717, 1.165) is 12.3 Å². The Kier molecular flexibility index (Phi) is 2.70. The molecule has 1 aromatic rings. The first kappa shape index (κ1) is 9.77. The molecule has 4 heteroatoms. The van der Waals surface area contributed by atoms with E-state index < -0.39 is 11.7 Å². The van der Waals surface area contributed by atoms with Gasteiger partial charge in [0.15, 0.2) is 0 Å². The van der Waals surface area contributed by atoms with Gasteiger partial charge in [0.2, 0.25) is 0 Å². The lowest BCUT2D eigenvalue weighted by molar-refractivity contribution is -0.137. The number of hydrogen-bond donors (Lipinski definition) is 0. The molecule has 0 spiro atoms. The summed E-state index contributed by atoms with van der Waals surface area (Å²) in [4.78, 5) is 3.59. The van der Waals surface area contributed by atoms with Gasteiger partial charge in [-0.15, -0.1) is 0 Å². The number of halogens is 3. The van der Waals surface area contributed by atoms with Crippen LogP contribution in [0.1, 0.15) is 11.3 Å². The summed E-state index contributed by atoms with van der Waals surface area (Å²) < 4.78 is 36.1. The molecule has 0 amide bonds. The third-order valence-corrected chi connectivity index (χ3v) is 1.40. The lowest BCUT2D eigenvalue weighted by Gasteiger charge is -2.04. The fourth-order valence-electron chi connectivity index (χ4n) is 0.792. The average molecular weight is 186 g/mol. The molecule has 1 nitrogen and oxygen atoms in total. The van der Waals surface area contributed by atoms with E-state index in [9.17, 15) is 13.2 Å². The summed E-state index contributed by atoms with van der Waals surface area (Å²) in [7, 11) is 0. The highest BCUT2D eigenvalue weighted by molar-refractivity contribution is 5.45. The van der Waals surface area contributed by atoms with Crippen LogP contribution >= 0.6 is 0 Å². The van der Waals surface area contributed by atoms with Crippen molar-refractivity contribution in [1.29, 1.82) is 0 Å². The Hall–Kier alpha value is -1.32. The molecule has 0 aliphatic rings. The Labute approximate surface area is 73.9 Å². The van der Waals surface area contributed by atoms with E-state index >= 15 is 0 Å². The molecule has 0 unspecified atom stereocenters. The predicted molar refractivity (Wildman–Crippen MR) is 43.6 cm³/mol. The van der Waals surface area contributed by atoms with Crippen molar-refractivity contribution < 1.29 is 13.2 Å². The van der Waals surface area contributed by atoms with E-state index in [-0.39, 0.29) is 0 Å². The molecule has 0 saturated carbocycles. The van der Waals surface area contributed by atoms with Crippen LogP contribution in [0.3, 0.4) is 0 Å². The summed E-state index contributed by atoms with van der Waals surface area (Å²) in [5.74, 6) is 0. The average Bonchev–Trinajstić information content (AvgIpc) is 2.04. The largest absolute Gasteiger partial charge is 0.417 e. The van der Waals surface area contributed by atoms with Crippen molar-refractivity contribution in [2.75, 3.05) is 0 Å². The first-order valence-electron chi connectivity index (χ1n) is 3.53. The van der Waals surface area contributed by atoms with Gasteiger partial charge < -0.3 is 0 Å². The van der Waals surface area contributed by atoms with E-state index in [1.54, 1.807) is 0 Å². The molecule has 0 atom stereocenters. The van der Waals surface area contributed by atoms with Crippen LogP contribution in [-0.4, -0.2) is 4.98 Å². The van der Waals surface area contributed by atoms with Crippen LogP contribution in [0, 0.1) is 6.92 Å². The lowest BCUT2D eigenvalue weighted by atomic mass is 10.2. The first-order valence-corrected chi connectivity index (χ1v) is 3.53.